The molecular weight excluding hydrogens is 364 g/mol. The molecule has 0 radical (unpaired) electrons. The molecule has 1 aliphatic rings. The van der Waals surface area contributed by atoms with E-state index in [0.717, 1.165) is 46.4 Å². The summed E-state index contributed by atoms with van der Waals surface area (Å²) in [6, 6.07) is 17.8. The number of amides is 1. The number of rotatable bonds is 5. The standard InChI is InChI=1S/C23H20N4O2/c1-29-20-8-3-2-7-18(20)21-19-12-16(13-24-22(19)27-26-21)14-5-4-6-15(11-14)23(28)25-17-9-10-17/h2-8,11-13,17H,9-10H2,1H3,(H,25,28)(H,24,26,27). The molecule has 0 aliphatic heterocycles. The highest BCUT2D eigenvalue weighted by molar-refractivity contribution is 5.97. The maximum atomic E-state index is 12.4. The SMILES string of the molecule is COc1ccccc1-c1n[nH]c2ncc(-c3cccc(C(=O)NC4CC4)c3)cc12. The van der Waals surface area contributed by atoms with Crippen LogP contribution in [0.2, 0.25) is 0 Å². The Hall–Kier alpha value is -3.67. The number of hydrogen-bond donors (Lipinski definition) is 2. The molecule has 2 N–H and O–H groups in total. The molecule has 0 atom stereocenters. The Morgan fingerprint density at radius 3 is 2.79 bits per heavy atom. The van der Waals surface area contributed by atoms with Gasteiger partial charge < -0.3 is 10.1 Å². The number of nitrogens with zero attached hydrogens (tertiary/aromatic N) is 2. The summed E-state index contributed by atoms with van der Waals surface area (Å²) in [5.41, 5.74) is 4.92. The van der Waals surface area contributed by atoms with Gasteiger partial charge in [-0.05, 0) is 48.7 Å². The number of H-pyrrole nitrogens is 1. The van der Waals surface area contributed by atoms with Gasteiger partial charge in [-0.1, -0.05) is 24.3 Å². The first kappa shape index (κ1) is 17.4. The van der Waals surface area contributed by atoms with E-state index in [1.54, 1.807) is 13.3 Å². The second-order valence-corrected chi connectivity index (χ2v) is 7.22. The van der Waals surface area contributed by atoms with Crippen LogP contribution in [0.1, 0.15) is 23.2 Å². The molecule has 0 spiro atoms. The van der Waals surface area contributed by atoms with Crippen LogP contribution in [0.4, 0.5) is 0 Å². The third-order valence-electron chi connectivity index (χ3n) is 5.15. The van der Waals surface area contributed by atoms with Crippen LogP contribution < -0.4 is 10.1 Å². The fourth-order valence-electron chi connectivity index (χ4n) is 3.44. The third kappa shape index (κ3) is 3.33. The maximum absolute atomic E-state index is 12.4. The van der Waals surface area contributed by atoms with Crippen molar-refractivity contribution >= 4 is 16.9 Å². The van der Waals surface area contributed by atoms with Gasteiger partial charge in [0.1, 0.15) is 11.4 Å². The molecule has 1 aliphatic carbocycles. The van der Waals surface area contributed by atoms with Gasteiger partial charge >= 0.3 is 0 Å². The molecule has 6 nitrogen and oxygen atoms in total. The Morgan fingerprint density at radius 2 is 1.97 bits per heavy atom. The zero-order valence-electron chi connectivity index (χ0n) is 16.0. The molecular formula is C23H20N4O2. The zero-order valence-corrected chi connectivity index (χ0v) is 16.0. The van der Waals surface area contributed by atoms with Crippen LogP contribution in [0.3, 0.4) is 0 Å². The molecule has 2 aromatic carbocycles. The van der Waals surface area contributed by atoms with Gasteiger partial charge in [0.15, 0.2) is 5.65 Å². The van der Waals surface area contributed by atoms with Crippen molar-refractivity contribution in [3.8, 4) is 28.1 Å². The van der Waals surface area contributed by atoms with E-state index in [1.807, 2.05) is 54.6 Å². The van der Waals surface area contributed by atoms with Crippen LogP contribution in [0.15, 0.2) is 60.8 Å². The fourth-order valence-corrected chi connectivity index (χ4v) is 3.44. The summed E-state index contributed by atoms with van der Waals surface area (Å²) in [6.07, 6.45) is 3.93. The van der Waals surface area contributed by atoms with E-state index in [4.69, 9.17) is 4.74 Å². The molecule has 2 aromatic heterocycles. The number of nitrogens with one attached hydrogen (secondary N) is 2. The predicted octanol–water partition coefficient (Wildman–Crippen LogP) is 4.19. The van der Waals surface area contributed by atoms with Crippen molar-refractivity contribution in [2.24, 2.45) is 0 Å². The number of aromatic amines is 1. The van der Waals surface area contributed by atoms with Crippen LogP contribution in [0.5, 0.6) is 5.75 Å². The Kier molecular flexibility index (Phi) is 4.24. The highest BCUT2D eigenvalue weighted by atomic mass is 16.5. The molecule has 1 amide bonds. The van der Waals surface area contributed by atoms with E-state index in [9.17, 15) is 4.79 Å². The van der Waals surface area contributed by atoms with Crippen molar-refractivity contribution in [1.29, 1.82) is 0 Å². The Morgan fingerprint density at radius 1 is 1.10 bits per heavy atom. The van der Waals surface area contributed by atoms with Gasteiger partial charge in [-0.15, -0.1) is 0 Å². The lowest BCUT2D eigenvalue weighted by Gasteiger charge is -2.08. The summed E-state index contributed by atoms with van der Waals surface area (Å²) in [5.74, 6) is 0.728. The van der Waals surface area contributed by atoms with E-state index in [2.05, 4.69) is 20.5 Å². The quantitative estimate of drug-likeness (QED) is 0.541. The first-order valence-electron chi connectivity index (χ1n) is 9.62. The molecule has 5 rings (SSSR count). The number of para-hydroxylation sites is 1. The zero-order chi connectivity index (χ0) is 19.8. The normalized spacial score (nSPS) is 13.4. The lowest BCUT2D eigenvalue weighted by atomic mass is 10.0. The van der Waals surface area contributed by atoms with E-state index in [1.165, 1.54) is 0 Å². The van der Waals surface area contributed by atoms with Crippen LogP contribution in [-0.4, -0.2) is 34.2 Å². The summed E-state index contributed by atoms with van der Waals surface area (Å²) >= 11 is 0. The van der Waals surface area contributed by atoms with E-state index >= 15 is 0 Å². The Bertz CT molecular complexity index is 1210. The van der Waals surface area contributed by atoms with E-state index in [-0.39, 0.29) is 5.91 Å². The van der Waals surface area contributed by atoms with Crippen molar-refractivity contribution in [3.05, 3.63) is 66.4 Å². The average molecular weight is 384 g/mol. The molecule has 2 heterocycles. The van der Waals surface area contributed by atoms with Gasteiger partial charge in [-0.3, -0.25) is 9.89 Å². The number of benzene rings is 2. The van der Waals surface area contributed by atoms with Crippen LogP contribution >= 0.6 is 0 Å². The molecule has 4 aromatic rings. The van der Waals surface area contributed by atoms with Gasteiger partial charge in [0.25, 0.3) is 5.91 Å². The number of hydrogen-bond acceptors (Lipinski definition) is 4. The van der Waals surface area contributed by atoms with Crippen LogP contribution in [0.25, 0.3) is 33.4 Å². The van der Waals surface area contributed by atoms with Gasteiger partial charge in [0.05, 0.1) is 7.11 Å². The van der Waals surface area contributed by atoms with Crippen molar-refractivity contribution in [2.45, 2.75) is 18.9 Å². The number of pyridine rings is 1. The molecule has 144 valence electrons. The summed E-state index contributed by atoms with van der Waals surface area (Å²) in [6.45, 7) is 0. The third-order valence-corrected chi connectivity index (χ3v) is 5.15. The van der Waals surface area contributed by atoms with Crippen LogP contribution in [-0.2, 0) is 0 Å². The molecule has 0 bridgehead atoms. The second-order valence-electron chi connectivity index (χ2n) is 7.22. The summed E-state index contributed by atoms with van der Waals surface area (Å²) < 4.78 is 5.49. The minimum atomic E-state index is -0.0265. The number of carbonyl (C=O) groups is 1. The number of aromatic nitrogens is 3. The van der Waals surface area contributed by atoms with E-state index < -0.39 is 0 Å². The highest BCUT2D eigenvalue weighted by Gasteiger charge is 2.24. The van der Waals surface area contributed by atoms with Crippen molar-refractivity contribution in [3.63, 3.8) is 0 Å². The van der Waals surface area contributed by atoms with E-state index in [0.29, 0.717) is 17.3 Å². The van der Waals surface area contributed by atoms with Crippen molar-refractivity contribution < 1.29 is 9.53 Å². The summed E-state index contributed by atoms with van der Waals surface area (Å²) in [4.78, 5) is 16.9. The number of fused-ring (bicyclic) bond motifs is 1. The van der Waals surface area contributed by atoms with Gasteiger partial charge in [-0.25, -0.2) is 4.98 Å². The molecule has 29 heavy (non-hydrogen) atoms. The molecule has 1 saturated carbocycles. The minimum Gasteiger partial charge on any atom is -0.496 e. The minimum absolute atomic E-state index is 0.0265. The first-order chi connectivity index (χ1) is 14.2. The van der Waals surface area contributed by atoms with Gasteiger partial charge in [0.2, 0.25) is 0 Å². The smallest absolute Gasteiger partial charge is 0.251 e. The lowest BCUT2D eigenvalue weighted by molar-refractivity contribution is 0.0951. The molecule has 0 saturated heterocycles. The number of methoxy groups -OCH3 is 1. The number of carbonyl (C=O) groups excluding carboxylic acids is 1. The maximum Gasteiger partial charge on any atom is 0.251 e. The first-order valence-corrected chi connectivity index (χ1v) is 9.62. The van der Waals surface area contributed by atoms with Crippen molar-refractivity contribution in [2.75, 3.05) is 7.11 Å². The highest BCUT2D eigenvalue weighted by Crippen LogP contribution is 2.34. The topological polar surface area (TPSA) is 79.9 Å². The van der Waals surface area contributed by atoms with Gasteiger partial charge in [0, 0.05) is 34.3 Å². The lowest BCUT2D eigenvalue weighted by Crippen LogP contribution is -2.25. The fraction of sp³-hybridized carbons (Fsp3) is 0.174. The Balaban J connectivity index is 1.56. The summed E-state index contributed by atoms with van der Waals surface area (Å²) in [5, 5.41) is 11.4. The monoisotopic (exact) mass is 384 g/mol. The Labute approximate surface area is 167 Å². The molecule has 6 heteroatoms. The van der Waals surface area contributed by atoms with Crippen LogP contribution in [0, 0.1) is 0 Å². The predicted molar refractivity (Wildman–Crippen MR) is 112 cm³/mol. The molecule has 1 fully saturated rings. The van der Waals surface area contributed by atoms with Gasteiger partial charge in [-0.2, -0.15) is 5.10 Å². The second kappa shape index (κ2) is 7.05. The molecule has 0 unspecified atom stereocenters. The summed E-state index contributed by atoms with van der Waals surface area (Å²) in [7, 11) is 1.65. The largest absolute Gasteiger partial charge is 0.496 e. The average Bonchev–Trinajstić information content (AvgIpc) is 3.49. The van der Waals surface area contributed by atoms with Crippen molar-refractivity contribution in [1.82, 2.24) is 20.5 Å². The number of ether oxygens (including phenoxy) is 1.